The zero-order valence-electron chi connectivity index (χ0n) is 20.7. The molecule has 0 fully saturated rings. The van der Waals surface area contributed by atoms with Gasteiger partial charge in [0.05, 0.1) is 17.9 Å². The highest BCUT2D eigenvalue weighted by Gasteiger charge is 2.25. The first-order valence-electron chi connectivity index (χ1n) is 11.9. The number of fused-ring (bicyclic) bond motifs is 1. The standard InChI is InChI=1S/C29H28ClN5OS/c1-34(2)24-12-6-19(7-13-24)17-35-18-26-25(14-15-37-26)27(31)28(35)20-8-10-22(11-9-20)32-29(36)33-23-5-3-4-21(30)16-23/h3-16H,17-18,31H2,1-2H3,(H2,32,33,36). The topological polar surface area (TPSA) is 73.6 Å². The van der Waals surface area contributed by atoms with Gasteiger partial charge in [-0.2, -0.15) is 0 Å². The molecule has 0 spiro atoms. The van der Waals surface area contributed by atoms with Gasteiger partial charge in [0.2, 0.25) is 0 Å². The Morgan fingerprint density at radius 1 is 1.00 bits per heavy atom. The van der Waals surface area contributed by atoms with Gasteiger partial charge in [-0.15, -0.1) is 11.3 Å². The summed E-state index contributed by atoms with van der Waals surface area (Å²) in [6.07, 6.45) is 0. The number of hydrogen-bond acceptors (Lipinski definition) is 5. The fraction of sp³-hybridized carbons (Fsp3) is 0.138. The Morgan fingerprint density at radius 3 is 2.43 bits per heavy atom. The van der Waals surface area contributed by atoms with E-state index in [1.165, 1.54) is 16.1 Å². The average Bonchev–Trinajstić information content (AvgIpc) is 3.34. The number of rotatable bonds is 6. The molecule has 0 saturated heterocycles. The predicted molar refractivity (Wildman–Crippen MR) is 156 cm³/mol. The van der Waals surface area contributed by atoms with Gasteiger partial charge < -0.3 is 26.2 Å². The molecule has 1 aliphatic rings. The van der Waals surface area contributed by atoms with Crippen molar-refractivity contribution in [2.24, 2.45) is 5.73 Å². The minimum absolute atomic E-state index is 0.336. The van der Waals surface area contributed by atoms with Crippen LogP contribution in [0.5, 0.6) is 0 Å². The average molecular weight is 530 g/mol. The summed E-state index contributed by atoms with van der Waals surface area (Å²) in [7, 11) is 4.08. The summed E-state index contributed by atoms with van der Waals surface area (Å²) in [6.45, 7) is 1.53. The second-order valence-corrected chi connectivity index (χ2v) is 10.5. The van der Waals surface area contributed by atoms with Gasteiger partial charge >= 0.3 is 6.03 Å². The highest BCUT2D eigenvalue weighted by atomic mass is 35.5. The molecule has 2 amide bonds. The number of carbonyl (C=O) groups excluding carboxylic acids is 1. The highest BCUT2D eigenvalue weighted by molar-refractivity contribution is 7.10. The predicted octanol–water partition coefficient (Wildman–Crippen LogP) is 6.91. The van der Waals surface area contributed by atoms with E-state index in [1.807, 2.05) is 38.4 Å². The molecule has 0 atom stereocenters. The van der Waals surface area contributed by atoms with Gasteiger partial charge in [0.25, 0.3) is 0 Å². The van der Waals surface area contributed by atoms with Crippen LogP contribution in [0.1, 0.15) is 21.6 Å². The van der Waals surface area contributed by atoms with Crippen molar-refractivity contribution in [1.29, 1.82) is 0 Å². The first-order chi connectivity index (χ1) is 17.9. The lowest BCUT2D eigenvalue weighted by molar-refractivity contribution is 0.262. The molecule has 5 rings (SSSR count). The van der Waals surface area contributed by atoms with Crippen LogP contribution in [0.25, 0.3) is 11.4 Å². The van der Waals surface area contributed by atoms with Crippen molar-refractivity contribution >= 4 is 57.4 Å². The molecule has 0 saturated carbocycles. The molecule has 6 nitrogen and oxygen atoms in total. The smallest absolute Gasteiger partial charge is 0.323 e. The van der Waals surface area contributed by atoms with E-state index in [-0.39, 0.29) is 6.03 Å². The number of thiophene rings is 1. The maximum atomic E-state index is 12.5. The molecular weight excluding hydrogens is 502 g/mol. The van der Waals surface area contributed by atoms with Crippen molar-refractivity contribution in [2.75, 3.05) is 29.6 Å². The third kappa shape index (κ3) is 5.58. The highest BCUT2D eigenvalue weighted by Crippen LogP contribution is 2.38. The van der Waals surface area contributed by atoms with Crippen LogP contribution in [0.15, 0.2) is 84.2 Å². The van der Waals surface area contributed by atoms with Gasteiger partial charge in [-0.05, 0) is 59.5 Å². The molecular formula is C29H28ClN5OS. The fourth-order valence-electron chi connectivity index (χ4n) is 4.42. The summed E-state index contributed by atoms with van der Waals surface area (Å²) in [5.74, 6) is 0. The molecule has 3 aromatic carbocycles. The van der Waals surface area contributed by atoms with E-state index < -0.39 is 0 Å². The summed E-state index contributed by atoms with van der Waals surface area (Å²) in [5.41, 5.74) is 14.3. The molecule has 1 aliphatic heterocycles. The molecule has 2 heterocycles. The second-order valence-electron chi connectivity index (χ2n) is 9.10. The van der Waals surface area contributed by atoms with Gasteiger partial charge in [0.15, 0.2) is 0 Å². The van der Waals surface area contributed by atoms with Crippen LogP contribution in [-0.2, 0) is 13.1 Å². The van der Waals surface area contributed by atoms with Crippen LogP contribution >= 0.6 is 22.9 Å². The fourth-order valence-corrected chi connectivity index (χ4v) is 5.51. The van der Waals surface area contributed by atoms with E-state index >= 15 is 0 Å². The van der Waals surface area contributed by atoms with E-state index in [4.69, 9.17) is 17.3 Å². The molecule has 0 radical (unpaired) electrons. The zero-order chi connectivity index (χ0) is 25.9. The molecule has 1 aromatic heterocycles. The molecule has 188 valence electrons. The second kappa shape index (κ2) is 10.6. The third-order valence-corrected chi connectivity index (χ3v) is 7.41. The van der Waals surface area contributed by atoms with Gasteiger partial charge in [-0.1, -0.05) is 41.9 Å². The molecule has 4 aromatic rings. The lowest BCUT2D eigenvalue weighted by Crippen LogP contribution is -2.27. The van der Waals surface area contributed by atoms with Crippen molar-refractivity contribution in [3.05, 3.63) is 111 Å². The molecule has 37 heavy (non-hydrogen) atoms. The van der Waals surface area contributed by atoms with Crippen LogP contribution in [-0.4, -0.2) is 25.0 Å². The van der Waals surface area contributed by atoms with Crippen molar-refractivity contribution in [3.8, 4) is 0 Å². The quantitative estimate of drug-likeness (QED) is 0.254. The van der Waals surface area contributed by atoms with Crippen LogP contribution in [0, 0.1) is 0 Å². The summed E-state index contributed by atoms with van der Waals surface area (Å²) in [5, 5.41) is 8.32. The number of nitrogens with zero attached hydrogens (tertiary/aromatic N) is 2. The molecule has 0 aliphatic carbocycles. The summed E-state index contributed by atoms with van der Waals surface area (Å²) >= 11 is 7.74. The Bertz CT molecular complexity index is 1440. The maximum absolute atomic E-state index is 12.5. The first kappa shape index (κ1) is 24.7. The van der Waals surface area contributed by atoms with Gasteiger partial charge in [-0.3, -0.25) is 0 Å². The molecule has 0 bridgehead atoms. The SMILES string of the molecule is CN(C)c1ccc(CN2Cc3sccc3C(N)=C2c2ccc(NC(=O)Nc3cccc(Cl)c3)cc2)cc1. The number of halogens is 1. The number of anilines is 3. The number of benzene rings is 3. The summed E-state index contributed by atoms with van der Waals surface area (Å²) in [4.78, 5) is 18.1. The number of urea groups is 1. The summed E-state index contributed by atoms with van der Waals surface area (Å²) < 4.78 is 0. The number of hydrogen-bond donors (Lipinski definition) is 3. The van der Waals surface area contributed by atoms with Gasteiger partial charge in [0, 0.05) is 58.7 Å². The molecule has 8 heteroatoms. The monoisotopic (exact) mass is 529 g/mol. The Labute approximate surface area is 226 Å². The Kier molecular flexibility index (Phi) is 7.08. The third-order valence-electron chi connectivity index (χ3n) is 6.27. The number of amides is 2. The minimum Gasteiger partial charge on any atom is -0.397 e. The van der Waals surface area contributed by atoms with Crippen LogP contribution in [0.4, 0.5) is 21.9 Å². The van der Waals surface area contributed by atoms with Crippen molar-refractivity contribution < 1.29 is 4.79 Å². The van der Waals surface area contributed by atoms with E-state index in [9.17, 15) is 4.79 Å². The van der Waals surface area contributed by atoms with Crippen LogP contribution in [0.2, 0.25) is 5.02 Å². The number of nitrogens with two attached hydrogens (primary N) is 1. The van der Waals surface area contributed by atoms with E-state index in [0.29, 0.717) is 16.4 Å². The van der Waals surface area contributed by atoms with Crippen molar-refractivity contribution in [2.45, 2.75) is 13.1 Å². The number of carbonyl (C=O) groups is 1. The van der Waals surface area contributed by atoms with Gasteiger partial charge in [-0.25, -0.2) is 4.79 Å². The van der Waals surface area contributed by atoms with E-state index in [0.717, 1.165) is 35.6 Å². The largest absolute Gasteiger partial charge is 0.397 e. The first-order valence-corrected chi connectivity index (χ1v) is 13.1. The lowest BCUT2D eigenvalue weighted by Gasteiger charge is -2.33. The van der Waals surface area contributed by atoms with Crippen LogP contribution < -0.4 is 21.3 Å². The Balaban J connectivity index is 1.36. The Hall–Kier alpha value is -3.94. The van der Waals surface area contributed by atoms with Gasteiger partial charge in [0.1, 0.15) is 0 Å². The van der Waals surface area contributed by atoms with Crippen molar-refractivity contribution in [1.82, 2.24) is 4.90 Å². The van der Waals surface area contributed by atoms with E-state index in [2.05, 4.69) is 56.1 Å². The van der Waals surface area contributed by atoms with Crippen molar-refractivity contribution in [3.63, 3.8) is 0 Å². The Morgan fingerprint density at radius 2 is 1.73 bits per heavy atom. The normalized spacial score (nSPS) is 12.8. The van der Waals surface area contributed by atoms with E-state index in [1.54, 1.807) is 35.6 Å². The number of nitrogens with one attached hydrogen (secondary N) is 2. The molecule has 4 N–H and O–H groups in total. The zero-order valence-corrected chi connectivity index (χ0v) is 22.2. The molecule has 0 unspecified atom stereocenters. The van der Waals surface area contributed by atoms with Crippen LogP contribution in [0.3, 0.4) is 0 Å². The maximum Gasteiger partial charge on any atom is 0.323 e. The minimum atomic E-state index is -0.336. The summed E-state index contributed by atoms with van der Waals surface area (Å²) in [6, 6.07) is 25.2. The lowest BCUT2D eigenvalue weighted by atomic mass is 9.99.